The van der Waals surface area contributed by atoms with Crippen molar-refractivity contribution in [3.8, 4) is 0 Å². The summed E-state index contributed by atoms with van der Waals surface area (Å²) in [6, 6.07) is 7.44. The van der Waals surface area contributed by atoms with Gasteiger partial charge in [0.05, 0.1) is 0 Å². The first-order valence-corrected chi connectivity index (χ1v) is 5.19. The molecule has 0 saturated carbocycles. The van der Waals surface area contributed by atoms with Gasteiger partial charge in [0, 0.05) is 27.7 Å². The molecule has 0 saturated heterocycles. The molecular formula is C11H8N2OS. The quantitative estimate of drug-likeness (QED) is 0.739. The third-order valence-electron chi connectivity index (χ3n) is 1.81. The molecule has 0 unspecified atom stereocenters. The molecule has 1 aromatic heterocycles. The number of aromatic nitrogens is 2. The van der Waals surface area contributed by atoms with E-state index in [0.29, 0.717) is 5.56 Å². The van der Waals surface area contributed by atoms with Crippen molar-refractivity contribution in [2.24, 2.45) is 0 Å². The zero-order valence-corrected chi connectivity index (χ0v) is 8.65. The van der Waals surface area contributed by atoms with Crippen molar-refractivity contribution in [3.63, 3.8) is 0 Å². The van der Waals surface area contributed by atoms with Crippen molar-refractivity contribution in [2.45, 2.75) is 9.79 Å². The zero-order valence-electron chi connectivity index (χ0n) is 7.83. The van der Waals surface area contributed by atoms with E-state index in [4.69, 9.17) is 0 Å². The summed E-state index contributed by atoms with van der Waals surface area (Å²) < 4.78 is 0. The van der Waals surface area contributed by atoms with Crippen molar-refractivity contribution in [3.05, 3.63) is 48.5 Å². The predicted octanol–water partition coefficient (Wildman–Crippen LogP) is 2.44. The van der Waals surface area contributed by atoms with Gasteiger partial charge in [0.25, 0.3) is 0 Å². The lowest BCUT2D eigenvalue weighted by Gasteiger charge is -2.02. The lowest BCUT2D eigenvalue weighted by atomic mass is 10.2. The van der Waals surface area contributed by atoms with E-state index in [9.17, 15) is 4.79 Å². The van der Waals surface area contributed by atoms with Crippen LogP contribution in [0.2, 0.25) is 0 Å². The summed E-state index contributed by atoms with van der Waals surface area (Å²) in [7, 11) is 0. The van der Waals surface area contributed by atoms with Crippen LogP contribution in [0.4, 0.5) is 0 Å². The van der Waals surface area contributed by atoms with Gasteiger partial charge in [-0.25, -0.2) is 9.97 Å². The molecular weight excluding hydrogens is 208 g/mol. The van der Waals surface area contributed by atoms with Gasteiger partial charge in [0.2, 0.25) is 0 Å². The molecule has 0 aliphatic carbocycles. The molecule has 0 atom stereocenters. The predicted molar refractivity (Wildman–Crippen MR) is 58.0 cm³/mol. The number of aldehydes is 1. The Morgan fingerprint density at radius 2 is 1.87 bits per heavy atom. The van der Waals surface area contributed by atoms with Gasteiger partial charge in [0.15, 0.2) is 6.29 Å². The van der Waals surface area contributed by atoms with Crippen LogP contribution in [-0.4, -0.2) is 16.3 Å². The number of nitrogens with zero attached hydrogens (tertiary/aromatic N) is 2. The highest BCUT2D eigenvalue weighted by atomic mass is 32.2. The van der Waals surface area contributed by atoms with E-state index in [1.165, 1.54) is 18.1 Å². The lowest BCUT2D eigenvalue weighted by Crippen LogP contribution is -1.84. The molecule has 0 aliphatic heterocycles. The normalized spacial score (nSPS) is 9.87. The molecule has 0 aliphatic rings. The van der Waals surface area contributed by atoms with Crippen LogP contribution in [0.25, 0.3) is 0 Å². The fourth-order valence-electron chi connectivity index (χ4n) is 1.14. The Morgan fingerprint density at radius 1 is 1.13 bits per heavy atom. The number of benzene rings is 1. The van der Waals surface area contributed by atoms with Crippen LogP contribution in [-0.2, 0) is 0 Å². The van der Waals surface area contributed by atoms with Gasteiger partial charge in [-0.1, -0.05) is 30.0 Å². The Kier molecular flexibility index (Phi) is 3.09. The molecule has 2 rings (SSSR count). The highest BCUT2D eigenvalue weighted by Crippen LogP contribution is 2.28. The van der Waals surface area contributed by atoms with Crippen LogP contribution in [0.1, 0.15) is 10.4 Å². The van der Waals surface area contributed by atoms with Gasteiger partial charge in [0.1, 0.15) is 6.33 Å². The SMILES string of the molecule is O=Cc1ccccc1Sc1cncnc1. The monoisotopic (exact) mass is 216 g/mol. The topological polar surface area (TPSA) is 42.9 Å². The minimum atomic E-state index is 0.686. The Bertz CT molecular complexity index is 459. The highest BCUT2D eigenvalue weighted by Gasteiger charge is 2.02. The molecule has 15 heavy (non-hydrogen) atoms. The van der Waals surface area contributed by atoms with E-state index in [0.717, 1.165) is 16.1 Å². The summed E-state index contributed by atoms with van der Waals surface area (Å²) in [5.74, 6) is 0. The molecule has 74 valence electrons. The number of hydrogen-bond donors (Lipinski definition) is 0. The molecule has 0 bridgehead atoms. The van der Waals surface area contributed by atoms with Gasteiger partial charge in [-0.15, -0.1) is 0 Å². The first kappa shape index (κ1) is 9.86. The van der Waals surface area contributed by atoms with Crippen molar-refractivity contribution in [2.75, 3.05) is 0 Å². The summed E-state index contributed by atoms with van der Waals surface area (Å²) in [6.45, 7) is 0. The Morgan fingerprint density at radius 3 is 2.60 bits per heavy atom. The minimum Gasteiger partial charge on any atom is -0.298 e. The fraction of sp³-hybridized carbons (Fsp3) is 0. The first-order chi connectivity index (χ1) is 7.40. The second kappa shape index (κ2) is 4.70. The van der Waals surface area contributed by atoms with Crippen LogP contribution in [0, 0.1) is 0 Å². The number of carbonyl (C=O) groups excluding carboxylic acids is 1. The summed E-state index contributed by atoms with van der Waals surface area (Å²) in [6.07, 6.45) is 5.78. The van der Waals surface area contributed by atoms with Gasteiger partial charge in [-0.3, -0.25) is 4.79 Å². The van der Waals surface area contributed by atoms with Crippen LogP contribution in [0.15, 0.2) is 52.8 Å². The fourth-order valence-corrected chi connectivity index (χ4v) is 2.00. The average molecular weight is 216 g/mol. The summed E-state index contributed by atoms with van der Waals surface area (Å²) in [5, 5.41) is 0. The molecule has 0 amide bonds. The molecule has 1 heterocycles. The van der Waals surface area contributed by atoms with E-state index in [2.05, 4.69) is 9.97 Å². The average Bonchev–Trinajstić information content (AvgIpc) is 2.31. The molecule has 0 N–H and O–H groups in total. The summed E-state index contributed by atoms with van der Waals surface area (Å²) in [5.41, 5.74) is 0.686. The zero-order chi connectivity index (χ0) is 10.5. The second-order valence-corrected chi connectivity index (χ2v) is 3.95. The Hall–Kier alpha value is -1.68. The van der Waals surface area contributed by atoms with Crippen molar-refractivity contribution in [1.82, 2.24) is 9.97 Å². The second-order valence-electron chi connectivity index (χ2n) is 2.83. The molecule has 0 spiro atoms. The van der Waals surface area contributed by atoms with Crippen LogP contribution >= 0.6 is 11.8 Å². The first-order valence-electron chi connectivity index (χ1n) is 4.37. The third kappa shape index (κ3) is 2.41. The summed E-state index contributed by atoms with van der Waals surface area (Å²) in [4.78, 5) is 20.4. The lowest BCUT2D eigenvalue weighted by molar-refractivity contribution is 0.112. The van der Waals surface area contributed by atoms with E-state index in [1.807, 2.05) is 18.2 Å². The Labute approximate surface area is 91.6 Å². The van der Waals surface area contributed by atoms with E-state index >= 15 is 0 Å². The molecule has 4 heteroatoms. The van der Waals surface area contributed by atoms with Gasteiger partial charge < -0.3 is 0 Å². The van der Waals surface area contributed by atoms with Crippen LogP contribution < -0.4 is 0 Å². The van der Waals surface area contributed by atoms with E-state index < -0.39 is 0 Å². The molecule has 3 nitrogen and oxygen atoms in total. The van der Waals surface area contributed by atoms with Gasteiger partial charge in [-0.05, 0) is 6.07 Å². The summed E-state index contributed by atoms with van der Waals surface area (Å²) >= 11 is 1.48. The Balaban J connectivity index is 2.28. The third-order valence-corrected chi connectivity index (χ3v) is 2.85. The largest absolute Gasteiger partial charge is 0.298 e. The maximum Gasteiger partial charge on any atom is 0.151 e. The standard InChI is InChI=1S/C11H8N2OS/c14-7-9-3-1-2-4-11(9)15-10-5-12-8-13-6-10/h1-8H. The van der Waals surface area contributed by atoms with Crippen molar-refractivity contribution in [1.29, 1.82) is 0 Å². The number of hydrogen-bond acceptors (Lipinski definition) is 4. The van der Waals surface area contributed by atoms with Gasteiger partial charge >= 0.3 is 0 Å². The number of rotatable bonds is 3. The number of carbonyl (C=O) groups is 1. The van der Waals surface area contributed by atoms with E-state index in [-0.39, 0.29) is 0 Å². The maximum atomic E-state index is 10.8. The van der Waals surface area contributed by atoms with Crippen molar-refractivity contribution >= 4 is 18.0 Å². The molecule has 0 fully saturated rings. The molecule has 1 aromatic carbocycles. The van der Waals surface area contributed by atoms with Crippen LogP contribution in [0.5, 0.6) is 0 Å². The molecule has 2 aromatic rings. The van der Waals surface area contributed by atoms with Crippen LogP contribution in [0.3, 0.4) is 0 Å². The van der Waals surface area contributed by atoms with Crippen molar-refractivity contribution < 1.29 is 4.79 Å². The smallest absolute Gasteiger partial charge is 0.151 e. The maximum absolute atomic E-state index is 10.8. The van der Waals surface area contributed by atoms with E-state index in [1.54, 1.807) is 18.5 Å². The minimum absolute atomic E-state index is 0.686. The van der Waals surface area contributed by atoms with Gasteiger partial charge in [-0.2, -0.15) is 0 Å². The molecule has 0 radical (unpaired) electrons. The highest BCUT2D eigenvalue weighted by molar-refractivity contribution is 7.99.